The largest absolute Gasteiger partial charge is 0.463 e. The molecule has 0 heterocycles. The minimum absolute atomic E-state index is 0.163. The summed E-state index contributed by atoms with van der Waals surface area (Å²) in [6.45, 7) is 2.94. The Hall–Kier alpha value is -2.62. The van der Waals surface area contributed by atoms with Crippen LogP contribution in [0, 0.1) is 0 Å². The average Bonchev–Trinajstić information content (AvgIpc) is 2.55. The fourth-order valence-electron chi connectivity index (χ4n) is 2.27. The molecule has 0 unspecified atom stereocenters. The molecule has 0 aromatic heterocycles. The van der Waals surface area contributed by atoms with Crippen LogP contribution >= 0.6 is 0 Å². The van der Waals surface area contributed by atoms with Crippen LogP contribution in [-0.2, 0) is 20.9 Å². The van der Waals surface area contributed by atoms with Gasteiger partial charge in [0.2, 0.25) is 0 Å². The number of ether oxygens (including phenoxy) is 1. The summed E-state index contributed by atoms with van der Waals surface area (Å²) in [5, 5.41) is 0. The van der Waals surface area contributed by atoms with Gasteiger partial charge in [-0.3, -0.25) is 9.59 Å². The van der Waals surface area contributed by atoms with Crippen molar-refractivity contribution in [1.82, 2.24) is 0 Å². The van der Waals surface area contributed by atoms with Crippen LogP contribution in [0.4, 0.5) is 5.69 Å². The molecule has 0 radical (unpaired) electrons. The van der Waals surface area contributed by atoms with Crippen molar-refractivity contribution < 1.29 is 14.3 Å². The zero-order chi connectivity index (χ0) is 16.5. The van der Waals surface area contributed by atoms with Crippen molar-refractivity contribution in [2.75, 3.05) is 18.1 Å². The predicted molar refractivity (Wildman–Crippen MR) is 90.2 cm³/mol. The second kappa shape index (κ2) is 8.73. The molecule has 2 rings (SSSR count). The molecule has 0 aliphatic heterocycles. The minimum Gasteiger partial charge on any atom is -0.463 e. The van der Waals surface area contributed by atoms with E-state index in [2.05, 4.69) is 17.0 Å². The zero-order valence-electron chi connectivity index (χ0n) is 13.3. The van der Waals surface area contributed by atoms with Gasteiger partial charge in [0.15, 0.2) is 0 Å². The Morgan fingerprint density at radius 1 is 0.957 bits per heavy atom. The van der Waals surface area contributed by atoms with Crippen molar-refractivity contribution in [3.05, 3.63) is 66.2 Å². The van der Waals surface area contributed by atoms with Gasteiger partial charge in [-0.25, -0.2) is 0 Å². The van der Waals surface area contributed by atoms with Gasteiger partial charge in [-0.15, -0.1) is 0 Å². The van der Waals surface area contributed by atoms with Crippen molar-refractivity contribution in [2.45, 2.75) is 19.9 Å². The van der Waals surface area contributed by atoms with Crippen molar-refractivity contribution in [1.29, 1.82) is 0 Å². The first-order chi connectivity index (χ1) is 11.1. The number of rotatable bonds is 8. The van der Waals surface area contributed by atoms with Crippen LogP contribution in [0.5, 0.6) is 0 Å². The van der Waals surface area contributed by atoms with Crippen LogP contribution in [0.3, 0.4) is 0 Å². The maximum atomic E-state index is 11.5. The highest BCUT2D eigenvalue weighted by atomic mass is 16.5. The van der Waals surface area contributed by atoms with Crippen molar-refractivity contribution in [3.63, 3.8) is 0 Å². The standard InChI is InChI=1S/C19H21NO3/c1-16(21)14-19(22)23-13-12-20(18-10-6-3-7-11-18)15-17-8-4-2-5-9-17/h2-11H,12-15H2,1H3/i1+1. The molecule has 2 aromatic carbocycles. The second-order valence-corrected chi connectivity index (χ2v) is 5.34. The predicted octanol–water partition coefficient (Wildman–Crippen LogP) is 3.22. The number of para-hydroxylation sites is 1. The SMILES string of the molecule is [13CH3]C(=O)CC(=O)OCCN(Cc1ccccc1)c1ccccc1. The lowest BCUT2D eigenvalue weighted by molar-refractivity contribution is -0.145. The van der Waals surface area contributed by atoms with Gasteiger partial charge in [0.1, 0.15) is 18.8 Å². The van der Waals surface area contributed by atoms with E-state index >= 15 is 0 Å². The molecular formula is C19H21NO3. The van der Waals surface area contributed by atoms with Crippen LogP contribution in [0.2, 0.25) is 0 Å². The van der Waals surface area contributed by atoms with E-state index in [4.69, 9.17) is 4.74 Å². The van der Waals surface area contributed by atoms with Gasteiger partial charge >= 0.3 is 5.97 Å². The fraction of sp³-hybridized carbons (Fsp3) is 0.263. The van der Waals surface area contributed by atoms with E-state index in [1.807, 2.05) is 48.5 Å². The Kier molecular flexibility index (Phi) is 6.36. The van der Waals surface area contributed by atoms with Crippen LogP contribution in [0.1, 0.15) is 18.9 Å². The quantitative estimate of drug-likeness (QED) is 0.426. The van der Waals surface area contributed by atoms with Gasteiger partial charge in [0.25, 0.3) is 0 Å². The van der Waals surface area contributed by atoms with E-state index < -0.39 is 5.97 Å². The van der Waals surface area contributed by atoms with Crippen molar-refractivity contribution >= 4 is 17.4 Å². The van der Waals surface area contributed by atoms with Crippen molar-refractivity contribution in [2.24, 2.45) is 0 Å². The van der Waals surface area contributed by atoms with Gasteiger partial charge < -0.3 is 9.64 Å². The van der Waals surface area contributed by atoms with Gasteiger partial charge in [-0.2, -0.15) is 0 Å². The van der Waals surface area contributed by atoms with Gasteiger partial charge in [-0.1, -0.05) is 48.5 Å². The number of hydrogen-bond acceptors (Lipinski definition) is 4. The summed E-state index contributed by atoms with van der Waals surface area (Å²) in [4.78, 5) is 24.5. The van der Waals surface area contributed by atoms with Crippen LogP contribution in [-0.4, -0.2) is 24.9 Å². The summed E-state index contributed by atoms with van der Waals surface area (Å²) >= 11 is 0. The molecule has 23 heavy (non-hydrogen) atoms. The smallest absolute Gasteiger partial charge is 0.313 e. The summed E-state index contributed by atoms with van der Waals surface area (Å²) in [5.41, 5.74) is 2.25. The third-order valence-electron chi connectivity index (χ3n) is 3.36. The maximum absolute atomic E-state index is 11.5. The van der Waals surface area contributed by atoms with Crippen LogP contribution in [0.15, 0.2) is 60.7 Å². The lowest BCUT2D eigenvalue weighted by atomic mass is 10.2. The molecule has 0 N–H and O–H groups in total. The average molecular weight is 312 g/mol. The molecule has 0 saturated heterocycles. The molecule has 4 heteroatoms. The normalized spacial score (nSPS) is 10.1. The lowest BCUT2D eigenvalue weighted by Gasteiger charge is -2.24. The van der Waals surface area contributed by atoms with E-state index in [-0.39, 0.29) is 18.8 Å². The first-order valence-corrected chi connectivity index (χ1v) is 7.64. The first kappa shape index (κ1) is 16.7. The Morgan fingerprint density at radius 3 is 2.17 bits per heavy atom. The number of benzene rings is 2. The summed E-state index contributed by atoms with van der Waals surface area (Å²) in [6.07, 6.45) is -0.163. The molecule has 4 nitrogen and oxygen atoms in total. The topological polar surface area (TPSA) is 46.6 Å². The molecule has 120 valence electrons. The maximum Gasteiger partial charge on any atom is 0.313 e. The summed E-state index contributed by atoms with van der Waals surface area (Å²) in [7, 11) is 0. The van der Waals surface area contributed by atoms with Crippen LogP contribution < -0.4 is 4.90 Å². The van der Waals surface area contributed by atoms with E-state index in [0.29, 0.717) is 6.54 Å². The van der Waals surface area contributed by atoms with Gasteiger partial charge in [0.05, 0.1) is 6.54 Å². The van der Waals surface area contributed by atoms with E-state index in [0.717, 1.165) is 12.2 Å². The third kappa shape index (κ3) is 5.94. The van der Waals surface area contributed by atoms with Crippen molar-refractivity contribution in [3.8, 4) is 0 Å². The summed E-state index contributed by atoms with van der Waals surface area (Å²) in [5.74, 6) is -0.649. The highest BCUT2D eigenvalue weighted by Crippen LogP contribution is 2.16. The Balaban J connectivity index is 1.97. The molecule has 2 aromatic rings. The molecule has 0 saturated carbocycles. The Bertz CT molecular complexity index is 626. The van der Waals surface area contributed by atoms with E-state index in [1.165, 1.54) is 12.5 Å². The molecule has 0 amide bonds. The van der Waals surface area contributed by atoms with Crippen LogP contribution in [0.25, 0.3) is 0 Å². The number of carbonyl (C=O) groups is 2. The van der Waals surface area contributed by atoms with E-state index in [1.54, 1.807) is 0 Å². The second-order valence-electron chi connectivity index (χ2n) is 5.34. The number of esters is 1. The molecule has 0 bridgehead atoms. The zero-order valence-corrected chi connectivity index (χ0v) is 13.3. The van der Waals surface area contributed by atoms with Gasteiger partial charge in [0, 0.05) is 12.2 Å². The highest BCUT2D eigenvalue weighted by Gasteiger charge is 2.10. The molecule has 0 atom stereocenters. The number of Topliss-reactive ketones (excluding diaryl/α,β-unsaturated/α-hetero) is 1. The number of nitrogens with zero attached hydrogens (tertiary/aromatic N) is 1. The Labute approximate surface area is 136 Å². The van der Waals surface area contributed by atoms with Gasteiger partial charge in [-0.05, 0) is 24.6 Å². The molecule has 0 aliphatic carbocycles. The van der Waals surface area contributed by atoms with E-state index in [9.17, 15) is 9.59 Å². The number of ketones is 1. The fourth-order valence-corrected chi connectivity index (χ4v) is 2.27. The monoisotopic (exact) mass is 312 g/mol. The number of hydrogen-bond donors (Lipinski definition) is 0. The highest BCUT2D eigenvalue weighted by molar-refractivity contribution is 5.94. The molecule has 0 spiro atoms. The number of carbonyl (C=O) groups excluding carboxylic acids is 2. The lowest BCUT2D eigenvalue weighted by Crippen LogP contribution is -2.28. The minimum atomic E-state index is -0.467. The summed E-state index contributed by atoms with van der Waals surface area (Å²) < 4.78 is 5.14. The molecular weight excluding hydrogens is 291 g/mol. The number of anilines is 1. The summed E-state index contributed by atoms with van der Waals surface area (Å²) in [6, 6.07) is 20.1. The third-order valence-corrected chi connectivity index (χ3v) is 3.36. The molecule has 0 fully saturated rings. The Morgan fingerprint density at radius 2 is 1.57 bits per heavy atom. The molecule has 0 aliphatic rings. The first-order valence-electron chi connectivity index (χ1n) is 7.64.